The SMILES string of the molecule is CCNC1CCN(S(=O)(=O)c2ccnn2C)CC1. The third kappa shape index (κ3) is 2.57. The molecule has 0 aromatic carbocycles. The van der Waals surface area contributed by atoms with Crippen LogP contribution in [0, 0.1) is 0 Å². The standard InChI is InChI=1S/C11H20N4O2S/c1-3-12-10-5-8-15(9-6-10)18(16,17)11-4-7-13-14(11)2/h4,7,10,12H,3,5-6,8-9H2,1-2H3. The molecule has 2 heterocycles. The third-order valence-electron chi connectivity index (χ3n) is 3.33. The highest BCUT2D eigenvalue weighted by Gasteiger charge is 2.30. The van der Waals surface area contributed by atoms with E-state index >= 15 is 0 Å². The number of hydrogen-bond acceptors (Lipinski definition) is 4. The molecule has 7 heteroatoms. The molecule has 0 aliphatic carbocycles. The summed E-state index contributed by atoms with van der Waals surface area (Å²) in [5, 5.41) is 7.55. The van der Waals surface area contributed by atoms with Crippen molar-refractivity contribution in [3.63, 3.8) is 0 Å². The van der Waals surface area contributed by atoms with Gasteiger partial charge in [-0.2, -0.15) is 9.40 Å². The molecule has 0 atom stereocenters. The first kappa shape index (κ1) is 13.5. The van der Waals surface area contributed by atoms with Crippen LogP contribution in [0.1, 0.15) is 19.8 Å². The summed E-state index contributed by atoms with van der Waals surface area (Å²) in [6, 6.07) is 1.99. The molecule has 1 fully saturated rings. The Hall–Kier alpha value is -0.920. The van der Waals surface area contributed by atoms with Crippen LogP contribution < -0.4 is 5.32 Å². The predicted molar refractivity (Wildman–Crippen MR) is 68.7 cm³/mol. The van der Waals surface area contributed by atoms with Gasteiger partial charge in [0.25, 0.3) is 10.0 Å². The van der Waals surface area contributed by atoms with E-state index in [0.29, 0.717) is 19.1 Å². The van der Waals surface area contributed by atoms with Crippen LogP contribution in [0.3, 0.4) is 0 Å². The Morgan fingerprint density at radius 3 is 2.61 bits per heavy atom. The summed E-state index contributed by atoms with van der Waals surface area (Å²) in [6.45, 7) is 4.15. The summed E-state index contributed by atoms with van der Waals surface area (Å²) >= 11 is 0. The molecule has 102 valence electrons. The zero-order valence-corrected chi connectivity index (χ0v) is 11.7. The Balaban J connectivity index is 2.08. The molecule has 1 aromatic heterocycles. The van der Waals surface area contributed by atoms with Gasteiger partial charge in [-0.05, 0) is 25.5 Å². The predicted octanol–water partition coefficient (Wildman–Crippen LogP) is 0.183. The van der Waals surface area contributed by atoms with Gasteiger partial charge in [-0.25, -0.2) is 8.42 Å². The number of sulfonamides is 1. The molecular weight excluding hydrogens is 252 g/mol. The van der Waals surface area contributed by atoms with Crippen LogP contribution in [-0.2, 0) is 17.1 Å². The lowest BCUT2D eigenvalue weighted by molar-refractivity contribution is 0.291. The number of piperidine rings is 1. The van der Waals surface area contributed by atoms with Crippen molar-refractivity contribution in [2.24, 2.45) is 7.05 Å². The van der Waals surface area contributed by atoms with E-state index in [9.17, 15) is 8.42 Å². The smallest absolute Gasteiger partial charge is 0.260 e. The second kappa shape index (κ2) is 5.38. The van der Waals surface area contributed by atoms with Crippen molar-refractivity contribution >= 4 is 10.0 Å². The Labute approximate surface area is 108 Å². The van der Waals surface area contributed by atoms with Crippen LogP contribution in [0.5, 0.6) is 0 Å². The molecule has 0 spiro atoms. The zero-order valence-electron chi connectivity index (χ0n) is 10.8. The van der Waals surface area contributed by atoms with Crippen LogP contribution in [0.15, 0.2) is 17.3 Å². The zero-order chi connectivity index (χ0) is 13.2. The molecule has 0 bridgehead atoms. The van der Waals surface area contributed by atoms with E-state index in [1.54, 1.807) is 17.4 Å². The molecule has 2 rings (SSSR count). The number of hydrogen-bond donors (Lipinski definition) is 1. The minimum absolute atomic E-state index is 0.268. The van der Waals surface area contributed by atoms with Crippen LogP contribution in [0.2, 0.25) is 0 Å². The van der Waals surface area contributed by atoms with Gasteiger partial charge in [0.05, 0.1) is 6.20 Å². The van der Waals surface area contributed by atoms with Crippen LogP contribution in [-0.4, -0.2) is 48.2 Å². The summed E-state index contributed by atoms with van der Waals surface area (Å²) in [5.41, 5.74) is 0. The highest BCUT2D eigenvalue weighted by molar-refractivity contribution is 7.89. The van der Waals surface area contributed by atoms with E-state index in [4.69, 9.17) is 0 Å². The lowest BCUT2D eigenvalue weighted by Gasteiger charge is -2.31. The van der Waals surface area contributed by atoms with Crippen LogP contribution in [0.4, 0.5) is 0 Å². The van der Waals surface area contributed by atoms with Gasteiger partial charge in [-0.3, -0.25) is 4.68 Å². The van der Waals surface area contributed by atoms with E-state index in [-0.39, 0.29) is 5.03 Å². The fourth-order valence-corrected chi connectivity index (χ4v) is 3.91. The summed E-state index contributed by atoms with van der Waals surface area (Å²) in [4.78, 5) is 0. The highest BCUT2D eigenvalue weighted by atomic mass is 32.2. The quantitative estimate of drug-likeness (QED) is 0.849. The average molecular weight is 272 g/mol. The van der Waals surface area contributed by atoms with Gasteiger partial charge < -0.3 is 5.32 Å². The van der Waals surface area contributed by atoms with E-state index in [1.165, 1.54) is 10.9 Å². The maximum absolute atomic E-state index is 12.4. The molecule has 18 heavy (non-hydrogen) atoms. The van der Waals surface area contributed by atoms with Crippen molar-refractivity contribution in [2.45, 2.75) is 30.8 Å². The van der Waals surface area contributed by atoms with Crippen molar-refractivity contribution in [1.29, 1.82) is 0 Å². The van der Waals surface area contributed by atoms with Crippen LogP contribution >= 0.6 is 0 Å². The number of aryl methyl sites for hydroxylation is 1. The molecule has 1 saturated heterocycles. The Morgan fingerprint density at radius 1 is 1.44 bits per heavy atom. The molecule has 1 aliphatic heterocycles. The molecule has 1 N–H and O–H groups in total. The Morgan fingerprint density at radius 2 is 2.11 bits per heavy atom. The van der Waals surface area contributed by atoms with Crippen molar-refractivity contribution in [3.05, 3.63) is 12.3 Å². The van der Waals surface area contributed by atoms with Gasteiger partial charge in [-0.15, -0.1) is 0 Å². The molecular formula is C11H20N4O2S. The first-order chi connectivity index (χ1) is 8.55. The fourth-order valence-electron chi connectivity index (χ4n) is 2.34. The Bertz CT molecular complexity index is 489. The number of nitrogens with one attached hydrogen (secondary N) is 1. The molecule has 0 radical (unpaired) electrons. The van der Waals surface area contributed by atoms with Crippen molar-refractivity contribution in [2.75, 3.05) is 19.6 Å². The van der Waals surface area contributed by atoms with Crippen molar-refractivity contribution in [3.8, 4) is 0 Å². The lowest BCUT2D eigenvalue weighted by atomic mass is 10.1. The van der Waals surface area contributed by atoms with E-state index < -0.39 is 10.0 Å². The Kier molecular flexibility index (Phi) is 4.04. The molecule has 0 amide bonds. The maximum Gasteiger partial charge on any atom is 0.260 e. The van der Waals surface area contributed by atoms with E-state index in [0.717, 1.165) is 19.4 Å². The first-order valence-electron chi connectivity index (χ1n) is 6.27. The fraction of sp³-hybridized carbons (Fsp3) is 0.727. The summed E-state index contributed by atoms with van der Waals surface area (Å²) < 4.78 is 27.7. The normalized spacial score (nSPS) is 19.2. The van der Waals surface area contributed by atoms with Gasteiger partial charge >= 0.3 is 0 Å². The largest absolute Gasteiger partial charge is 0.314 e. The number of nitrogens with zero attached hydrogens (tertiary/aromatic N) is 3. The monoisotopic (exact) mass is 272 g/mol. The molecule has 0 unspecified atom stereocenters. The summed E-state index contributed by atoms with van der Waals surface area (Å²) in [6.07, 6.45) is 3.24. The molecule has 1 aromatic rings. The van der Waals surface area contributed by atoms with Gasteiger partial charge in [0.15, 0.2) is 5.03 Å². The van der Waals surface area contributed by atoms with Gasteiger partial charge in [-0.1, -0.05) is 6.92 Å². The lowest BCUT2D eigenvalue weighted by Crippen LogP contribution is -2.45. The summed E-state index contributed by atoms with van der Waals surface area (Å²) in [7, 11) is -1.73. The maximum atomic E-state index is 12.4. The second-order valence-corrected chi connectivity index (χ2v) is 6.41. The van der Waals surface area contributed by atoms with E-state index in [2.05, 4.69) is 17.3 Å². The van der Waals surface area contributed by atoms with E-state index in [1.807, 2.05) is 0 Å². The number of aromatic nitrogens is 2. The molecule has 6 nitrogen and oxygen atoms in total. The first-order valence-corrected chi connectivity index (χ1v) is 7.71. The summed E-state index contributed by atoms with van der Waals surface area (Å²) in [5.74, 6) is 0. The van der Waals surface area contributed by atoms with Gasteiger partial charge in [0.1, 0.15) is 0 Å². The van der Waals surface area contributed by atoms with Crippen molar-refractivity contribution < 1.29 is 8.42 Å². The molecule has 1 aliphatic rings. The number of rotatable bonds is 4. The minimum atomic E-state index is -3.38. The van der Waals surface area contributed by atoms with Gasteiger partial charge in [0.2, 0.25) is 0 Å². The topological polar surface area (TPSA) is 67.2 Å². The van der Waals surface area contributed by atoms with Gasteiger partial charge in [0, 0.05) is 26.2 Å². The minimum Gasteiger partial charge on any atom is -0.314 e. The third-order valence-corrected chi connectivity index (χ3v) is 5.30. The highest BCUT2D eigenvalue weighted by Crippen LogP contribution is 2.19. The average Bonchev–Trinajstić information content (AvgIpc) is 2.77. The van der Waals surface area contributed by atoms with Crippen molar-refractivity contribution in [1.82, 2.24) is 19.4 Å². The van der Waals surface area contributed by atoms with Crippen LogP contribution in [0.25, 0.3) is 0 Å². The molecule has 0 saturated carbocycles. The second-order valence-electron chi connectivity index (χ2n) is 4.53.